The van der Waals surface area contributed by atoms with Crippen molar-refractivity contribution in [3.05, 3.63) is 15.9 Å². The molecule has 0 saturated carbocycles. The number of hydrogen-bond acceptors (Lipinski definition) is 3. The van der Waals surface area contributed by atoms with Gasteiger partial charge in [0.25, 0.3) is 0 Å². The lowest BCUT2D eigenvalue weighted by Gasteiger charge is -2.15. The molecular weight excluding hydrogens is 320 g/mol. The van der Waals surface area contributed by atoms with Crippen molar-refractivity contribution in [2.45, 2.75) is 46.2 Å². The zero-order valence-corrected chi connectivity index (χ0v) is 13.9. The minimum atomic E-state index is 0.205. The van der Waals surface area contributed by atoms with Crippen LogP contribution in [-0.2, 0) is 24.3 Å². The van der Waals surface area contributed by atoms with Crippen molar-refractivity contribution in [2.75, 3.05) is 19.6 Å². The second-order valence-electron chi connectivity index (χ2n) is 5.07. The van der Waals surface area contributed by atoms with Gasteiger partial charge in [-0.05, 0) is 42.1 Å². The van der Waals surface area contributed by atoms with Crippen LogP contribution in [0.15, 0.2) is 4.47 Å². The van der Waals surface area contributed by atoms with E-state index in [1.165, 1.54) is 0 Å². The number of carbonyl (C=O) groups is 1. The predicted molar refractivity (Wildman–Crippen MR) is 82.5 cm³/mol. The Labute approximate surface area is 128 Å². The molecule has 1 saturated heterocycles. The third-order valence-corrected chi connectivity index (χ3v) is 4.64. The Bertz CT molecular complexity index is 466. The summed E-state index contributed by atoms with van der Waals surface area (Å²) < 4.78 is 3.07. The largest absolute Gasteiger partial charge is 0.342 e. The summed E-state index contributed by atoms with van der Waals surface area (Å²) in [6.45, 7) is 7.92. The number of nitrogens with one attached hydrogen (secondary N) is 1. The van der Waals surface area contributed by atoms with Gasteiger partial charge in [0.1, 0.15) is 0 Å². The number of hydrogen-bond donors (Lipinski definition) is 1. The molecule has 1 fully saturated rings. The topological polar surface area (TPSA) is 50.2 Å². The lowest BCUT2D eigenvalue weighted by atomic mass is 10.3. The van der Waals surface area contributed by atoms with Gasteiger partial charge in [-0.25, -0.2) is 0 Å². The molecule has 0 bridgehead atoms. The first kappa shape index (κ1) is 15.5. The van der Waals surface area contributed by atoms with Gasteiger partial charge in [-0.3, -0.25) is 9.48 Å². The van der Waals surface area contributed by atoms with Crippen LogP contribution in [0, 0.1) is 0 Å². The van der Waals surface area contributed by atoms with Gasteiger partial charge in [0.2, 0.25) is 5.91 Å². The molecule has 0 unspecified atom stereocenters. The molecule has 0 radical (unpaired) electrons. The summed E-state index contributed by atoms with van der Waals surface area (Å²) in [5.74, 6) is 0.205. The first-order valence-corrected chi connectivity index (χ1v) is 8.19. The van der Waals surface area contributed by atoms with Gasteiger partial charge in [0.15, 0.2) is 0 Å². The summed E-state index contributed by atoms with van der Waals surface area (Å²) in [7, 11) is 0. The summed E-state index contributed by atoms with van der Waals surface area (Å²) in [5.41, 5.74) is 2.20. The zero-order chi connectivity index (χ0) is 14.5. The molecule has 1 aromatic rings. The van der Waals surface area contributed by atoms with Gasteiger partial charge in [-0.15, -0.1) is 0 Å². The quantitative estimate of drug-likeness (QED) is 0.859. The standard InChI is InChI=1S/C14H23BrN4O/c1-3-11-14(15)12(19(4-2)17-11)9-16-10-13(20)18-7-5-6-8-18/h16H,3-10H2,1-2H3. The van der Waals surface area contributed by atoms with Crippen LogP contribution < -0.4 is 5.32 Å². The first-order valence-electron chi connectivity index (χ1n) is 7.39. The molecule has 1 aliphatic heterocycles. The highest BCUT2D eigenvalue weighted by Crippen LogP contribution is 2.22. The van der Waals surface area contributed by atoms with Crippen molar-refractivity contribution in [1.29, 1.82) is 0 Å². The number of aromatic nitrogens is 2. The van der Waals surface area contributed by atoms with E-state index in [1.807, 2.05) is 9.58 Å². The van der Waals surface area contributed by atoms with Crippen LogP contribution in [-0.4, -0.2) is 40.2 Å². The molecule has 2 heterocycles. The normalized spacial score (nSPS) is 15.1. The van der Waals surface area contributed by atoms with Gasteiger partial charge in [-0.2, -0.15) is 5.10 Å². The molecule has 112 valence electrons. The summed E-state index contributed by atoms with van der Waals surface area (Å²) in [4.78, 5) is 13.9. The van der Waals surface area contributed by atoms with E-state index in [0.717, 1.165) is 54.8 Å². The van der Waals surface area contributed by atoms with Crippen molar-refractivity contribution in [1.82, 2.24) is 20.0 Å². The van der Waals surface area contributed by atoms with Gasteiger partial charge >= 0.3 is 0 Å². The summed E-state index contributed by atoms with van der Waals surface area (Å²) >= 11 is 3.62. The minimum Gasteiger partial charge on any atom is -0.342 e. The molecule has 0 spiro atoms. The fourth-order valence-corrected chi connectivity index (χ4v) is 3.26. The maximum Gasteiger partial charge on any atom is 0.236 e. The summed E-state index contributed by atoms with van der Waals surface area (Å²) in [5, 5.41) is 7.81. The fourth-order valence-electron chi connectivity index (χ4n) is 2.55. The van der Waals surface area contributed by atoms with E-state index in [0.29, 0.717) is 13.1 Å². The van der Waals surface area contributed by atoms with Crippen molar-refractivity contribution in [3.8, 4) is 0 Å². The molecule has 6 heteroatoms. The van der Waals surface area contributed by atoms with Gasteiger partial charge in [-0.1, -0.05) is 6.92 Å². The van der Waals surface area contributed by atoms with E-state index in [4.69, 9.17) is 0 Å². The highest BCUT2D eigenvalue weighted by atomic mass is 79.9. The number of likely N-dealkylation sites (tertiary alicyclic amines) is 1. The highest BCUT2D eigenvalue weighted by Gasteiger charge is 2.18. The second-order valence-corrected chi connectivity index (χ2v) is 5.86. The third-order valence-electron chi connectivity index (χ3n) is 3.72. The monoisotopic (exact) mass is 342 g/mol. The summed E-state index contributed by atoms with van der Waals surface area (Å²) in [6, 6.07) is 0. The Morgan fingerprint density at radius 3 is 2.65 bits per heavy atom. The van der Waals surface area contributed by atoms with Gasteiger partial charge in [0.05, 0.1) is 22.4 Å². The Balaban J connectivity index is 1.90. The maximum atomic E-state index is 12.0. The second kappa shape index (κ2) is 7.22. The van der Waals surface area contributed by atoms with Crippen molar-refractivity contribution in [3.63, 3.8) is 0 Å². The molecule has 1 amide bonds. The molecule has 0 atom stereocenters. The van der Waals surface area contributed by atoms with Crippen molar-refractivity contribution < 1.29 is 4.79 Å². The van der Waals surface area contributed by atoms with E-state index >= 15 is 0 Å². The molecule has 1 N–H and O–H groups in total. The molecule has 2 rings (SSSR count). The van der Waals surface area contributed by atoms with Crippen LogP contribution in [0.2, 0.25) is 0 Å². The minimum absolute atomic E-state index is 0.205. The molecule has 0 aromatic carbocycles. The molecule has 1 aliphatic rings. The maximum absolute atomic E-state index is 12.0. The number of carbonyl (C=O) groups excluding carboxylic acids is 1. The Morgan fingerprint density at radius 1 is 1.35 bits per heavy atom. The average Bonchev–Trinajstić information content (AvgIpc) is 3.08. The van der Waals surface area contributed by atoms with E-state index in [1.54, 1.807) is 0 Å². The van der Waals surface area contributed by atoms with E-state index in [-0.39, 0.29) is 5.91 Å². The van der Waals surface area contributed by atoms with Crippen molar-refractivity contribution in [2.24, 2.45) is 0 Å². The molecule has 20 heavy (non-hydrogen) atoms. The average molecular weight is 343 g/mol. The van der Waals surface area contributed by atoms with Gasteiger partial charge in [0, 0.05) is 26.2 Å². The lowest BCUT2D eigenvalue weighted by Crippen LogP contribution is -2.36. The van der Waals surface area contributed by atoms with Crippen LogP contribution in [0.4, 0.5) is 0 Å². The van der Waals surface area contributed by atoms with Gasteiger partial charge < -0.3 is 10.2 Å². The van der Waals surface area contributed by atoms with Crippen molar-refractivity contribution >= 4 is 21.8 Å². The first-order chi connectivity index (χ1) is 9.67. The molecule has 0 aliphatic carbocycles. The zero-order valence-electron chi connectivity index (χ0n) is 12.3. The van der Waals surface area contributed by atoms with Crippen LogP contribution in [0.5, 0.6) is 0 Å². The lowest BCUT2D eigenvalue weighted by molar-refractivity contribution is -0.129. The number of nitrogens with zero attached hydrogens (tertiary/aromatic N) is 3. The third kappa shape index (κ3) is 3.41. The van der Waals surface area contributed by atoms with Crippen LogP contribution in [0.3, 0.4) is 0 Å². The van der Waals surface area contributed by atoms with Crippen LogP contribution in [0.1, 0.15) is 38.1 Å². The molecule has 1 aromatic heterocycles. The molecular formula is C14H23BrN4O. The predicted octanol–water partition coefficient (Wildman–Crippen LogP) is 1.94. The molecule has 5 nitrogen and oxygen atoms in total. The Hall–Kier alpha value is -0.880. The number of halogens is 1. The highest BCUT2D eigenvalue weighted by molar-refractivity contribution is 9.10. The SMILES string of the molecule is CCc1nn(CC)c(CNCC(=O)N2CCCC2)c1Br. The van der Waals surface area contributed by atoms with E-state index < -0.39 is 0 Å². The Morgan fingerprint density at radius 2 is 2.05 bits per heavy atom. The number of amides is 1. The smallest absolute Gasteiger partial charge is 0.236 e. The number of aryl methyl sites for hydroxylation is 2. The van der Waals surface area contributed by atoms with Crippen LogP contribution in [0.25, 0.3) is 0 Å². The van der Waals surface area contributed by atoms with Crippen LogP contribution >= 0.6 is 15.9 Å². The van der Waals surface area contributed by atoms with E-state index in [9.17, 15) is 4.79 Å². The number of rotatable bonds is 6. The fraction of sp³-hybridized carbons (Fsp3) is 0.714. The van der Waals surface area contributed by atoms with E-state index in [2.05, 4.69) is 40.2 Å². The summed E-state index contributed by atoms with van der Waals surface area (Å²) in [6.07, 6.45) is 3.19. The Kier molecular flexibility index (Phi) is 5.60.